The number of hydrogen-bond donors (Lipinski definition) is 1. The molecule has 0 bridgehead atoms. The average molecular weight is 264 g/mol. The molecule has 0 aromatic carbocycles. The van der Waals surface area contributed by atoms with Crippen LogP contribution in [0.1, 0.15) is 0 Å². The second-order valence-corrected chi connectivity index (χ2v) is 2.58. The Bertz CT molecular complexity index is 292. The maximum atomic E-state index is 4.94. The van der Waals surface area contributed by atoms with Crippen molar-refractivity contribution in [2.45, 2.75) is 0 Å². The third-order valence-electron chi connectivity index (χ3n) is 0.985. The van der Waals surface area contributed by atoms with Crippen molar-refractivity contribution in [2.75, 3.05) is 0 Å². The maximum absolute atomic E-state index is 4.94. The van der Waals surface area contributed by atoms with Gasteiger partial charge in [0.15, 0.2) is 0 Å². The van der Waals surface area contributed by atoms with Crippen molar-refractivity contribution in [3.05, 3.63) is 23.0 Å². The Kier molecular flexibility index (Phi) is 3.01. The molecule has 1 rings (SSSR count). The highest BCUT2D eigenvalue weighted by molar-refractivity contribution is 14.1. The molecule has 52 valence electrons. The van der Waals surface area contributed by atoms with Gasteiger partial charge < -0.3 is 4.98 Å². The second kappa shape index (κ2) is 3.82. The molecule has 4 heteroatoms. The third-order valence-corrected chi connectivity index (χ3v) is 1.59. The summed E-state index contributed by atoms with van der Waals surface area (Å²) < 4.78 is 2.37. The summed E-state index contributed by atoms with van der Waals surface area (Å²) in [7, 11) is 0. The van der Waals surface area contributed by atoms with E-state index in [4.69, 9.17) is 12.2 Å². The fraction of sp³-hybridized carbons (Fsp3) is 0. The first-order chi connectivity index (χ1) is 4.84. The highest BCUT2D eigenvalue weighted by Gasteiger charge is 1.86. The largest absolute Gasteiger partial charge is 0.351 e. The maximum Gasteiger partial charge on any atom is 0.129 e. The molecule has 1 aromatic rings. The minimum atomic E-state index is 0.676. The van der Waals surface area contributed by atoms with Gasteiger partial charge in [0, 0.05) is 6.20 Å². The Morgan fingerprint density at radius 3 is 3.10 bits per heavy atom. The van der Waals surface area contributed by atoms with Gasteiger partial charge in [0.1, 0.15) is 4.64 Å². The molecule has 0 saturated heterocycles. The summed E-state index contributed by atoms with van der Waals surface area (Å²) in [5.74, 6) is 0. The molecule has 1 aromatic heterocycles. The van der Waals surface area contributed by atoms with Crippen LogP contribution in [0.15, 0.2) is 23.3 Å². The lowest BCUT2D eigenvalue weighted by Gasteiger charge is -1.89. The van der Waals surface area contributed by atoms with Crippen LogP contribution < -0.4 is 0 Å². The van der Waals surface area contributed by atoms with E-state index in [2.05, 4.69) is 32.6 Å². The van der Waals surface area contributed by atoms with Gasteiger partial charge in [-0.2, -0.15) is 0 Å². The summed E-state index contributed by atoms with van der Waals surface area (Å²) in [4.78, 5) is 6.91. The predicted molar refractivity (Wildman–Crippen MR) is 53.8 cm³/mol. The van der Waals surface area contributed by atoms with Crippen molar-refractivity contribution in [2.24, 2.45) is 4.99 Å². The van der Waals surface area contributed by atoms with Gasteiger partial charge in [0.05, 0.1) is 9.91 Å². The number of aromatic amines is 1. The molecule has 2 nitrogen and oxygen atoms in total. The van der Waals surface area contributed by atoms with Crippen molar-refractivity contribution < 1.29 is 0 Å². The number of halogens is 1. The lowest BCUT2D eigenvalue weighted by Crippen LogP contribution is -1.71. The number of H-pyrrole nitrogens is 1. The number of aliphatic imine (C=N–C) groups is 1. The molecule has 0 aliphatic rings. The molecule has 10 heavy (non-hydrogen) atoms. The molecule has 0 aliphatic carbocycles. The summed E-state index contributed by atoms with van der Waals surface area (Å²) in [5.41, 5.74) is 0.812. The van der Waals surface area contributed by atoms with E-state index in [0.717, 1.165) is 5.69 Å². The van der Waals surface area contributed by atoms with Gasteiger partial charge in [0.25, 0.3) is 0 Å². The Morgan fingerprint density at radius 2 is 2.50 bits per heavy atom. The number of nitrogens with one attached hydrogen (secondary N) is 1. The zero-order valence-corrected chi connectivity index (χ0v) is 8.02. The van der Waals surface area contributed by atoms with Gasteiger partial charge in [-0.3, -0.25) is 0 Å². The standard InChI is InChI=1S/C6H5IN2S/c7-4-9-5-2-1-3-8-6(5)10/h1-4H,(H,8,10). The van der Waals surface area contributed by atoms with Gasteiger partial charge in [-0.25, -0.2) is 4.99 Å². The van der Waals surface area contributed by atoms with E-state index < -0.39 is 0 Å². The Hall–Kier alpha value is -0.230. The summed E-state index contributed by atoms with van der Waals surface area (Å²) in [6, 6.07) is 3.74. The van der Waals surface area contributed by atoms with Crippen LogP contribution >= 0.6 is 34.8 Å². The van der Waals surface area contributed by atoms with E-state index in [1.807, 2.05) is 12.1 Å². The zero-order valence-electron chi connectivity index (χ0n) is 5.04. The first-order valence-corrected chi connectivity index (χ1v) is 4.30. The molecule has 0 radical (unpaired) electrons. The number of hydrogen-bond acceptors (Lipinski definition) is 2. The van der Waals surface area contributed by atoms with Crippen LogP contribution in [-0.2, 0) is 0 Å². The topological polar surface area (TPSA) is 28.1 Å². The SMILES string of the molecule is S=c1[nH]cccc1N=CI. The predicted octanol–water partition coefficient (Wildman–Crippen LogP) is 2.84. The van der Waals surface area contributed by atoms with Crippen LogP contribution in [0.5, 0.6) is 0 Å². The van der Waals surface area contributed by atoms with Crippen LogP contribution in [0.25, 0.3) is 0 Å². The number of aromatic nitrogens is 1. The minimum Gasteiger partial charge on any atom is -0.351 e. The Balaban J connectivity index is 3.16. The van der Waals surface area contributed by atoms with E-state index in [9.17, 15) is 0 Å². The van der Waals surface area contributed by atoms with Crippen LogP contribution in [0.2, 0.25) is 0 Å². The van der Waals surface area contributed by atoms with Gasteiger partial charge in [-0.05, 0) is 34.7 Å². The van der Waals surface area contributed by atoms with Gasteiger partial charge in [-0.15, -0.1) is 0 Å². The quantitative estimate of drug-likeness (QED) is 0.471. The highest BCUT2D eigenvalue weighted by atomic mass is 127. The molecular weight excluding hydrogens is 259 g/mol. The summed E-state index contributed by atoms with van der Waals surface area (Å²) in [5, 5.41) is 0. The van der Waals surface area contributed by atoms with E-state index in [-0.39, 0.29) is 0 Å². The number of pyridine rings is 1. The van der Waals surface area contributed by atoms with Gasteiger partial charge in [0.2, 0.25) is 0 Å². The Morgan fingerprint density at radius 1 is 1.70 bits per heavy atom. The molecule has 0 aliphatic heterocycles. The third kappa shape index (κ3) is 1.88. The van der Waals surface area contributed by atoms with Crippen LogP contribution in [0.4, 0.5) is 5.69 Å². The fourth-order valence-electron chi connectivity index (χ4n) is 0.567. The minimum absolute atomic E-state index is 0.676. The van der Waals surface area contributed by atoms with Gasteiger partial charge in [-0.1, -0.05) is 12.2 Å². The van der Waals surface area contributed by atoms with Crippen LogP contribution in [-0.4, -0.2) is 9.21 Å². The van der Waals surface area contributed by atoms with E-state index in [1.54, 1.807) is 10.4 Å². The fourth-order valence-corrected chi connectivity index (χ4v) is 1.06. The van der Waals surface area contributed by atoms with Crippen molar-refractivity contribution in [3.63, 3.8) is 0 Å². The molecule has 0 saturated carbocycles. The summed E-state index contributed by atoms with van der Waals surface area (Å²) >= 11 is 7.00. The molecular formula is C6H5IN2S. The molecule has 0 spiro atoms. The summed E-state index contributed by atoms with van der Waals surface area (Å²) in [6.07, 6.45) is 1.79. The van der Waals surface area contributed by atoms with E-state index >= 15 is 0 Å². The molecule has 0 fully saturated rings. The normalized spacial score (nSPS) is 10.5. The van der Waals surface area contributed by atoms with Crippen molar-refractivity contribution in [1.29, 1.82) is 0 Å². The average Bonchev–Trinajstić information content (AvgIpc) is 1.94. The number of nitrogens with zero attached hydrogens (tertiary/aromatic N) is 1. The first-order valence-electron chi connectivity index (χ1n) is 2.65. The van der Waals surface area contributed by atoms with E-state index in [0.29, 0.717) is 4.64 Å². The van der Waals surface area contributed by atoms with Gasteiger partial charge >= 0.3 is 0 Å². The smallest absolute Gasteiger partial charge is 0.129 e. The monoisotopic (exact) mass is 264 g/mol. The first kappa shape index (κ1) is 7.87. The van der Waals surface area contributed by atoms with Crippen LogP contribution in [0.3, 0.4) is 0 Å². The lowest BCUT2D eigenvalue weighted by molar-refractivity contribution is 1.28. The molecule has 1 heterocycles. The number of rotatable bonds is 1. The summed E-state index contributed by atoms with van der Waals surface area (Å²) in [6.45, 7) is 0. The van der Waals surface area contributed by atoms with E-state index in [1.165, 1.54) is 0 Å². The lowest BCUT2D eigenvalue weighted by atomic mass is 10.4. The Labute approximate surface area is 77.5 Å². The second-order valence-electron chi connectivity index (χ2n) is 1.61. The molecule has 0 amide bonds. The molecule has 0 unspecified atom stereocenters. The molecule has 1 N–H and O–H groups in total. The molecule has 0 atom stereocenters. The highest BCUT2D eigenvalue weighted by Crippen LogP contribution is 2.10. The zero-order chi connectivity index (χ0) is 7.40. The van der Waals surface area contributed by atoms with Crippen molar-refractivity contribution in [3.8, 4) is 0 Å². The van der Waals surface area contributed by atoms with Crippen molar-refractivity contribution in [1.82, 2.24) is 4.98 Å². The van der Waals surface area contributed by atoms with Crippen LogP contribution in [0, 0.1) is 4.64 Å². The van der Waals surface area contributed by atoms with Crippen molar-refractivity contribution >= 4 is 44.7 Å².